The van der Waals surface area contributed by atoms with Gasteiger partial charge in [0.05, 0.1) is 26.5 Å². The van der Waals surface area contributed by atoms with Crippen molar-refractivity contribution < 1.29 is 23.7 Å². The maximum atomic E-state index is 10.8. The summed E-state index contributed by atoms with van der Waals surface area (Å²) >= 11 is 0. The SMILES string of the molecule is COc1cc(C=NNC(C)=O)ccc1OCCOCCOc1ccc(C)cc1. The Kier molecular flexibility index (Phi) is 8.81. The third kappa shape index (κ3) is 7.67. The van der Waals surface area contributed by atoms with Crippen LogP contribution in [0.5, 0.6) is 17.2 Å². The molecule has 0 aliphatic heterocycles. The summed E-state index contributed by atoms with van der Waals surface area (Å²) in [5.74, 6) is 1.79. The number of nitrogens with one attached hydrogen (secondary N) is 1. The van der Waals surface area contributed by atoms with Crippen LogP contribution >= 0.6 is 0 Å². The summed E-state index contributed by atoms with van der Waals surface area (Å²) in [5.41, 5.74) is 4.33. The Balaban J connectivity index is 1.68. The van der Waals surface area contributed by atoms with Crippen LogP contribution in [0.4, 0.5) is 0 Å². The van der Waals surface area contributed by atoms with Gasteiger partial charge in [-0.05, 0) is 42.8 Å². The molecule has 1 amide bonds. The van der Waals surface area contributed by atoms with Crippen LogP contribution in [0.1, 0.15) is 18.1 Å². The number of hydrazone groups is 1. The molecule has 0 fully saturated rings. The van der Waals surface area contributed by atoms with Gasteiger partial charge in [0, 0.05) is 6.92 Å². The molecule has 7 heteroatoms. The summed E-state index contributed by atoms with van der Waals surface area (Å²) < 4.78 is 22.1. The molecule has 0 aromatic heterocycles. The van der Waals surface area contributed by atoms with E-state index in [1.807, 2.05) is 37.3 Å². The van der Waals surface area contributed by atoms with Crippen LogP contribution in [0.25, 0.3) is 0 Å². The van der Waals surface area contributed by atoms with Crippen molar-refractivity contribution >= 4 is 12.1 Å². The molecule has 0 spiro atoms. The highest BCUT2D eigenvalue weighted by atomic mass is 16.6. The fourth-order valence-electron chi connectivity index (χ4n) is 2.25. The van der Waals surface area contributed by atoms with Crippen LogP contribution in [0.15, 0.2) is 47.6 Å². The zero-order valence-electron chi connectivity index (χ0n) is 16.4. The number of carbonyl (C=O) groups is 1. The minimum atomic E-state index is -0.229. The number of methoxy groups -OCH3 is 1. The summed E-state index contributed by atoms with van der Waals surface area (Å²) in [6, 6.07) is 13.3. The number of aryl methyl sites for hydroxylation is 1. The molecule has 0 aliphatic rings. The van der Waals surface area contributed by atoms with Gasteiger partial charge in [0.25, 0.3) is 0 Å². The van der Waals surface area contributed by atoms with Crippen molar-refractivity contribution in [1.29, 1.82) is 0 Å². The Morgan fingerprint density at radius 1 is 1.00 bits per heavy atom. The molecule has 28 heavy (non-hydrogen) atoms. The topological polar surface area (TPSA) is 78.4 Å². The zero-order chi connectivity index (χ0) is 20.2. The van der Waals surface area contributed by atoms with Crippen LogP contribution in [0.3, 0.4) is 0 Å². The van der Waals surface area contributed by atoms with Gasteiger partial charge >= 0.3 is 0 Å². The summed E-state index contributed by atoms with van der Waals surface area (Å²) in [4.78, 5) is 10.8. The summed E-state index contributed by atoms with van der Waals surface area (Å²) in [6.45, 7) is 5.22. The monoisotopic (exact) mass is 386 g/mol. The fraction of sp³-hybridized carbons (Fsp3) is 0.333. The lowest BCUT2D eigenvalue weighted by Gasteiger charge is -2.12. The third-order valence-corrected chi connectivity index (χ3v) is 3.63. The molecule has 0 heterocycles. The van der Waals surface area contributed by atoms with Gasteiger partial charge in [-0.25, -0.2) is 5.43 Å². The first kappa shape index (κ1) is 21.2. The van der Waals surface area contributed by atoms with E-state index >= 15 is 0 Å². The zero-order valence-corrected chi connectivity index (χ0v) is 16.4. The Morgan fingerprint density at radius 3 is 2.39 bits per heavy atom. The van der Waals surface area contributed by atoms with Gasteiger partial charge < -0.3 is 18.9 Å². The van der Waals surface area contributed by atoms with E-state index in [1.165, 1.54) is 18.7 Å². The van der Waals surface area contributed by atoms with Crippen molar-refractivity contribution in [3.63, 3.8) is 0 Å². The Hall–Kier alpha value is -3.06. The van der Waals surface area contributed by atoms with E-state index in [0.29, 0.717) is 37.9 Å². The number of benzene rings is 2. The first-order valence-electron chi connectivity index (χ1n) is 8.96. The average molecular weight is 386 g/mol. The maximum absolute atomic E-state index is 10.8. The van der Waals surface area contributed by atoms with Gasteiger partial charge in [0.15, 0.2) is 11.5 Å². The minimum Gasteiger partial charge on any atom is -0.493 e. The highest BCUT2D eigenvalue weighted by Gasteiger charge is 2.05. The van der Waals surface area contributed by atoms with Crippen LogP contribution in [-0.2, 0) is 9.53 Å². The fourth-order valence-corrected chi connectivity index (χ4v) is 2.25. The van der Waals surface area contributed by atoms with E-state index in [-0.39, 0.29) is 5.91 Å². The van der Waals surface area contributed by atoms with Crippen LogP contribution in [-0.4, -0.2) is 45.7 Å². The second kappa shape index (κ2) is 11.6. The van der Waals surface area contributed by atoms with Crippen molar-refractivity contribution in [2.24, 2.45) is 5.10 Å². The van der Waals surface area contributed by atoms with E-state index < -0.39 is 0 Å². The number of amides is 1. The Morgan fingerprint density at radius 2 is 1.71 bits per heavy atom. The van der Waals surface area contributed by atoms with Crippen molar-refractivity contribution in [1.82, 2.24) is 5.43 Å². The first-order valence-corrected chi connectivity index (χ1v) is 8.96. The van der Waals surface area contributed by atoms with Crippen molar-refractivity contribution in [3.8, 4) is 17.2 Å². The number of hydrogen-bond donors (Lipinski definition) is 1. The molecule has 0 aliphatic carbocycles. The number of rotatable bonds is 11. The van der Waals surface area contributed by atoms with E-state index in [4.69, 9.17) is 18.9 Å². The molecule has 7 nitrogen and oxygen atoms in total. The lowest BCUT2D eigenvalue weighted by atomic mass is 10.2. The molecular formula is C21H26N2O5. The molecule has 0 atom stereocenters. The van der Waals surface area contributed by atoms with Crippen LogP contribution in [0.2, 0.25) is 0 Å². The predicted molar refractivity (Wildman–Crippen MR) is 107 cm³/mol. The largest absolute Gasteiger partial charge is 0.493 e. The Bertz CT molecular complexity index is 775. The lowest BCUT2D eigenvalue weighted by Crippen LogP contribution is -2.12. The van der Waals surface area contributed by atoms with Gasteiger partial charge in [-0.2, -0.15) is 5.10 Å². The van der Waals surface area contributed by atoms with Crippen LogP contribution < -0.4 is 19.6 Å². The Labute approximate surface area is 165 Å². The number of nitrogens with zero attached hydrogens (tertiary/aromatic N) is 1. The third-order valence-electron chi connectivity index (χ3n) is 3.63. The van der Waals surface area contributed by atoms with Crippen molar-refractivity contribution in [3.05, 3.63) is 53.6 Å². The predicted octanol–water partition coefficient (Wildman–Crippen LogP) is 2.95. The number of hydrogen-bond acceptors (Lipinski definition) is 6. The van der Waals surface area contributed by atoms with Crippen molar-refractivity contribution in [2.45, 2.75) is 13.8 Å². The van der Waals surface area contributed by atoms with E-state index in [2.05, 4.69) is 10.5 Å². The lowest BCUT2D eigenvalue weighted by molar-refractivity contribution is -0.118. The van der Waals surface area contributed by atoms with Gasteiger partial charge in [-0.3, -0.25) is 4.79 Å². The number of ether oxygens (including phenoxy) is 4. The van der Waals surface area contributed by atoms with E-state index in [0.717, 1.165) is 11.3 Å². The van der Waals surface area contributed by atoms with Gasteiger partial charge in [-0.1, -0.05) is 17.7 Å². The summed E-state index contributed by atoms with van der Waals surface area (Å²) in [5, 5.41) is 3.82. The van der Waals surface area contributed by atoms with Gasteiger partial charge in [-0.15, -0.1) is 0 Å². The molecule has 150 valence electrons. The second-order valence-corrected chi connectivity index (χ2v) is 5.96. The average Bonchev–Trinajstić information content (AvgIpc) is 2.69. The quantitative estimate of drug-likeness (QED) is 0.365. The number of carbonyl (C=O) groups excluding carboxylic acids is 1. The smallest absolute Gasteiger partial charge is 0.236 e. The van der Waals surface area contributed by atoms with Crippen LogP contribution in [0, 0.1) is 6.92 Å². The molecule has 1 N–H and O–H groups in total. The summed E-state index contributed by atoms with van der Waals surface area (Å²) in [6.07, 6.45) is 1.53. The molecule has 0 unspecified atom stereocenters. The second-order valence-electron chi connectivity index (χ2n) is 5.96. The van der Waals surface area contributed by atoms with Gasteiger partial charge in [0.1, 0.15) is 19.0 Å². The standard InChI is InChI=1S/C21H26N2O5/c1-16-4-7-19(8-5-16)27-12-10-26-11-13-28-20-9-6-18(14-21(20)25-3)15-22-23-17(2)24/h4-9,14-15H,10-13H2,1-3H3,(H,23,24). The highest BCUT2D eigenvalue weighted by molar-refractivity contribution is 5.82. The summed E-state index contributed by atoms with van der Waals surface area (Å²) in [7, 11) is 1.57. The molecule has 0 bridgehead atoms. The molecule has 2 aromatic rings. The molecule has 2 aromatic carbocycles. The molecular weight excluding hydrogens is 360 g/mol. The first-order chi connectivity index (χ1) is 13.6. The molecule has 0 saturated carbocycles. The normalized spacial score (nSPS) is 10.7. The molecule has 2 rings (SSSR count). The maximum Gasteiger partial charge on any atom is 0.236 e. The van der Waals surface area contributed by atoms with E-state index in [9.17, 15) is 4.79 Å². The van der Waals surface area contributed by atoms with Crippen molar-refractivity contribution in [2.75, 3.05) is 33.5 Å². The van der Waals surface area contributed by atoms with Gasteiger partial charge in [0.2, 0.25) is 5.91 Å². The molecule has 0 radical (unpaired) electrons. The molecule has 0 saturated heterocycles. The minimum absolute atomic E-state index is 0.229. The highest BCUT2D eigenvalue weighted by Crippen LogP contribution is 2.27. The van der Waals surface area contributed by atoms with E-state index in [1.54, 1.807) is 19.2 Å².